The van der Waals surface area contributed by atoms with Crippen LogP contribution in [0.15, 0.2) is 29.2 Å². The van der Waals surface area contributed by atoms with Crippen LogP contribution < -0.4 is 9.46 Å². The van der Waals surface area contributed by atoms with Crippen LogP contribution in [0.4, 0.5) is 5.69 Å². The van der Waals surface area contributed by atoms with Crippen LogP contribution in [0, 0.1) is 6.92 Å². The second kappa shape index (κ2) is 5.81. The monoisotopic (exact) mass is 351 g/mol. The fourth-order valence-electron chi connectivity index (χ4n) is 1.61. The van der Waals surface area contributed by atoms with Gasteiger partial charge in [-0.1, -0.05) is 29.3 Å². The van der Waals surface area contributed by atoms with Crippen LogP contribution in [0.25, 0.3) is 0 Å². The molecule has 8 heteroatoms. The molecule has 108 valence electrons. The van der Waals surface area contributed by atoms with E-state index in [1.165, 1.54) is 13.2 Å². The summed E-state index contributed by atoms with van der Waals surface area (Å²) < 4.78 is 32.6. The van der Waals surface area contributed by atoms with Gasteiger partial charge in [-0.05, 0) is 30.7 Å². The van der Waals surface area contributed by atoms with Crippen LogP contribution in [0.1, 0.15) is 5.56 Å². The van der Waals surface area contributed by atoms with Crippen LogP contribution in [-0.4, -0.2) is 15.5 Å². The number of rotatable bonds is 4. The van der Waals surface area contributed by atoms with Crippen molar-refractivity contribution >= 4 is 50.2 Å². The minimum absolute atomic E-state index is 0.0438. The minimum Gasteiger partial charge on any atom is -0.495 e. The highest BCUT2D eigenvalue weighted by Crippen LogP contribution is 2.36. The van der Waals surface area contributed by atoms with Crippen LogP contribution in [0.2, 0.25) is 8.67 Å². The minimum atomic E-state index is -3.81. The molecular formula is C12H11Cl2NO3S2. The highest BCUT2D eigenvalue weighted by Gasteiger charge is 2.22. The Hall–Kier alpha value is -0.950. The quantitative estimate of drug-likeness (QED) is 0.898. The predicted octanol–water partition coefficient (Wildman–Crippen LogP) is 4.17. The number of ether oxygens (including phenoxy) is 1. The largest absolute Gasteiger partial charge is 0.495 e. The van der Waals surface area contributed by atoms with E-state index in [9.17, 15) is 8.42 Å². The lowest BCUT2D eigenvalue weighted by Gasteiger charge is -2.12. The third kappa shape index (κ3) is 3.20. The normalized spacial score (nSPS) is 11.4. The SMILES string of the molecule is COc1ccc(C)cc1NS(=O)(=O)c1cc(Cl)sc1Cl. The molecule has 0 atom stereocenters. The van der Waals surface area contributed by atoms with Crippen molar-refractivity contribution in [3.05, 3.63) is 38.5 Å². The van der Waals surface area contributed by atoms with Gasteiger partial charge in [-0.15, -0.1) is 11.3 Å². The third-order valence-corrected chi connectivity index (χ3v) is 5.63. The molecule has 0 radical (unpaired) electrons. The van der Waals surface area contributed by atoms with E-state index in [2.05, 4.69) is 4.72 Å². The third-order valence-electron chi connectivity index (χ3n) is 2.51. The van der Waals surface area contributed by atoms with Gasteiger partial charge in [-0.25, -0.2) is 8.42 Å². The lowest BCUT2D eigenvalue weighted by Crippen LogP contribution is -2.13. The van der Waals surface area contributed by atoms with E-state index >= 15 is 0 Å². The number of anilines is 1. The van der Waals surface area contributed by atoms with Crippen molar-refractivity contribution in [3.8, 4) is 5.75 Å². The Bertz CT molecular complexity index is 741. The second-order valence-corrected chi connectivity index (χ2v) is 7.93. The number of sulfonamides is 1. The molecule has 4 nitrogen and oxygen atoms in total. The summed E-state index contributed by atoms with van der Waals surface area (Å²) in [5.41, 5.74) is 1.25. The van der Waals surface area contributed by atoms with E-state index in [0.717, 1.165) is 16.9 Å². The van der Waals surface area contributed by atoms with Crippen LogP contribution in [0.3, 0.4) is 0 Å². The highest BCUT2D eigenvalue weighted by atomic mass is 35.5. The number of nitrogens with one attached hydrogen (secondary N) is 1. The number of halogens is 2. The molecular weight excluding hydrogens is 341 g/mol. The number of thiophene rings is 1. The van der Waals surface area contributed by atoms with Crippen LogP contribution in [-0.2, 0) is 10.0 Å². The molecule has 1 N–H and O–H groups in total. The maximum atomic E-state index is 12.3. The van der Waals surface area contributed by atoms with Crippen molar-refractivity contribution in [2.45, 2.75) is 11.8 Å². The van der Waals surface area contributed by atoms with E-state index in [0.29, 0.717) is 15.8 Å². The lowest BCUT2D eigenvalue weighted by molar-refractivity contribution is 0.417. The maximum absolute atomic E-state index is 12.3. The van der Waals surface area contributed by atoms with Crippen molar-refractivity contribution in [1.82, 2.24) is 0 Å². The molecule has 0 aliphatic carbocycles. The molecule has 2 rings (SSSR count). The van der Waals surface area contributed by atoms with Crippen molar-refractivity contribution in [2.24, 2.45) is 0 Å². The average molecular weight is 352 g/mol. The molecule has 0 bridgehead atoms. The Morgan fingerprint density at radius 2 is 1.95 bits per heavy atom. The molecule has 1 aromatic carbocycles. The van der Waals surface area contributed by atoms with E-state index < -0.39 is 10.0 Å². The smallest absolute Gasteiger partial charge is 0.264 e. The maximum Gasteiger partial charge on any atom is 0.264 e. The van der Waals surface area contributed by atoms with Crippen molar-refractivity contribution in [2.75, 3.05) is 11.8 Å². The van der Waals surface area contributed by atoms with Crippen LogP contribution >= 0.6 is 34.5 Å². The topological polar surface area (TPSA) is 55.4 Å². The summed E-state index contributed by atoms with van der Waals surface area (Å²) in [6.45, 7) is 1.85. The van der Waals surface area contributed by atoms with Gasteiger partial charge in [0.05, 0.1) is 17.1 Å². The number of hydrogen-bond donors (Lipinski definition) is 1. The molecule has 0 spiro atoms. The predicted molar refractivity (Wildman–Crippen MR) is 82.9 cm³/mol. The Morgan fingerprint density at radius 1 is 1.25 bits per heavy atom. The zero-order chi connectivity index (χ0) is 14.9. The standard InChI is InChI=1S/C12H11Cl2NO3S2/c1-7-3-4-9(18-2)8(5-7)15-20(16,17)10-6-11(13)19-12(10)14/h3-6,15H,1-2H3. The van der Waals surface area contributed by atoms with Crippen molar-refractivity contribution in [1.29, 1.82) is 0 Å². The van der Waals surface area contributed by atoms with Crippen molar-refractivity contribution < 1.29 is 13.2 Å². The number of methoxy groups -OCH3 is 1. The molecule has 0 unspecified atom stereocenters. The molecule has 20 heavy (non-hydrogen) atoms. The molecule has 0 saturated heterocycles. The zero-order valence-corrected chi connectivity index (χ0v) is 13.8. The van der Waals surface area contributed by atoms with Gasteiger partial charge < -0.3 is 4.74 Å². The molecule has 0 fully saturated rings. The van der Waals surface area contributed by atoms with Gasteiger partial charge in [-0.3, -0.25) is 4.72 Å². The molecule has 1 heterocycles. The molecule has 0 amide bonds. The highest BCUT2D eigenvalue weighted by molar-refractivity contribution is 7.93. The second-order valence-electron chi connectivity index (χ2n) is 4.00. The summed E-state index contributed by atoms with van der Waals surface area (Å²) >= 11 is 12.7. The number of aryl methyl sites for hydroxylation is 1. The lowest BCUT2D eigenvalue weighted by atomic mass is 10.2. The Kier molecular flexibility index (Phi) is 4.49. The fraction of sp³-hybridized carbons (Fsp3) is 0.167. The van der Waals surface area contributed by atoms with E-state index in [-0.39, 0.29) is 9.23 Å². The molecule has 2 aromatic rings. The van der Waals surface area contributed by atoms with E-state index in [4.69, 9.17) is 27.9 Å². The van der Waals surface area contributed by atoms with Gasteiger partial charge in [0, 0.05) is 0 Å². The summed E-state index contributed by atoms with van der Waals surface area (Å²) in [6.07, 6.45) is 0. The van der Waals surface area contributed by atoms with E-state index in [1.54, 1.807) is 12.1 Å². The molecule has 0 aliphatic rings. The summed E-state index contributed by atoms with van der Waals surface area (Å²) in [4.78, 5) is -0.0438. The van der Waals surface area contributed by atoms with Gasteiger partial charge in [0.2, 0.25) is 0 Å². The summed E-state index contributed by atoms with van der Waals surface area (Å²) in [5, 5.41) is 0. The Balaban J connectivity index is 2.43. The Labute approximate surface area is 131 Å². The summed E-state index contributed by atoms with van der Waals surface area (Å²) in [6, 6.07) is 6.51. The van der Waals surface area contributed by atoms with Gasteiger partial charge >= 0.3 is 0 Å². The van der Waals surface area contributed by atoms with Crippen LogP contribution in [0.5, 0.6) is 5.75 Å². The number of hydrogen-bond acceptors (Lipinski definition) is 4. The van der Waals surface area contributed by atoms with Gasteiger partial charge in [-0.2, -0.15) is 0 Å². The first-order valence-electron chi connectivity index (χ1n) is 5.46. The summed E-state index contributed by atoms with van der Waals surface area (Å²) in [7, 11) is -2.34. The molecule has 0 saturated carbocycles. The first-order chi connectivity index (χ1) is 9.33. The number of benzene rings is 1. The van der Waals surface area contributed by atoms with Gasteiger partial charge in [0.25, 0.3) is 10.0 Å². The average Bonchev–Trinajstić information content (AvgIpc) is 2.69. The van der Waals surface area contributed by atoms with Gasteiger partial charge in [0.15, 0.2) is 0 Å². The zero-order valence-electron chi connectivity index (χ0n) is 10.6. The van der Waals surface area contributed by atoms with E-state index in [1.807, 2.05) is 13.0 Å². The first-order valence-corrected chi connectivity index (χ1v) is 8.51. The molecule has 0 aliphatic heterocycles. The first kappa shape index (κ1) is 15.4. The van der Waals surface area contributed by atoms with Crippen molar-refractivity contribution in [3.63, 3.8) is 0 Å². The fourth-order valence-corrected chi connectivity index (χ4v) is 4.82. The van der Waals surface area contributed by atoms with Gasteiger partial charge in [0.1, 0.15) is 15.0 Å². The molecule has 1 aromatic heterocycles. The Morgan fingerprint density at radius 3 is 2.50 bits per heavy atom. The summed E-state index contributed by atoms with van der Waals surface area (Å²) in [5.74, 6) is 0.427.